The van der Waals surface area contributed by atoms with Crippen LogP contribution in [-0.4, -0.2) is 18.3 Å². The molecule has 0 heterocycles. The van der Waals surface area contributed by atoms with Gasteiger partial charge in [-0.05, 0) is 28.9 Å². The molecule has 1 aromatic rings. The first-order valence-corrected chi connectivity index (χ1v) is 5.17. The maximum atomic E-state index is 10.5. The molecule has 0 aliphatic heterocycles. The Morgan fingerprint density at radius 1 is 1.60 bits per heavy atom. The van der Waals surface area contributed by atoms with Crippen molar-refractivity contribution in [1.82, 2.24) is 5.32 Å². The van der Waals surface area contributed by atoms with Gasteiger partial charge < -0.3 is 15.2 Å². The van der Waals surface area contributed by atoms with Crippen molar-refractivity contribution in [1.29, 1.82) is 0 Å². The first kappa shape index (κ1) is 11.8. The summed E-state index contributed by atoms with van der Waals surface area (Å²) < 4.78 is 6.01. The third kappa shape index (κ3) is 2.86. The van der Waals surface area contributed by atoms with Crippen LogP contribution in [0.3, 0.4) is 0 Å². The van der Waals surface area contributed by atoms with Crippen LogP contribution in [0.15, 0.2) is 22.7 Å². The van der Waals surface area contributed by atoms with Crippen molar-refractivity contribution in [2.45, 2.75) is 13.0 Å². The number of ether oxygens (including phenoxy) is 1. The van der Waals surface area contributed by atoms with Crippen LogP contribution in [0.25, 0.3) is 0 Å². The van der Waals surface area contributed by atoms with Crippen molar-refractivity contribution in [2.24, 2.45) is 0 Å². The van der Waals surface area contributed by atoms with E-state index in [1.165, 1.54) is 0 Å². The molecule has 4 nitrogen and oxygen atoms in total. The highest BCUT2D eigenvalue weighted by atomic mass is 79.9. The Morgan fingerprint density at radius 3 is 2.80 bits per heavy atom. The number of halogens is 1. The van der Waals surface area contributed by atoms with E-state index in [2.05, 4.69) is 21.2 Å². The molecule has 0 aromatic heterocycles. The summed E-state index contributed by atoms with van der Waals surface area (Å²) in [5.74, 6) is 0.652. The van der Waals surface area contributed by atoms with Crippen LogP contribution < -0.4 is 10.1 Å². The molecule has 2 N–H and O–H groups in total. The normalized spacial score (nSPS) is 11.9. The largest absolute Gasteiger partial charge is 0.495 e. The Labute approximate surface area is 96.4 Å². The van der Waals surface area contributed by atoms with E-state index in [4.69, 9.17) is 9.84 Å². The second kappa shape index (κ2) is 5.02. The second-order valence-corrected chi connectivity index (χ2v) is 3.89. The number of para-hydroxylation sites is 1. The molecule has 0 radical (unpaired) electrons. The molecule has 82 valence electrons. The Balaban J connectivity index is 3.02. The number of methoxy groups -OCH3 is 1. The summed E-state index contributed by atoms with van der Waals surface area (Å²) in [4.78, 5) is 10.5. The van der Waals surface area contributed by atoms with Gasteiger partial charge in [-0.25, -0.2) is 4.79 Å². The van der Waals surface area contributed by atoms with Gasteiger partial charge in [0.05, 0.1) is 17.6 Å². The minimum Gasteiger partial charge on any atom is -0.495 e. The van der Waals surface area contributed by atoms with Crippen LogP contribution in [-0.2, 0) is 0 Å². The van der Waals surface area contributed by atoms with E-state index in [-0.39, 0.29) is 6.04 Å². The van der Waals surface area contributed by atoms with E-state index in [9.17, 15) is 4.79 Å². The summed E-state index contributed by atoms with van der Waals surface area (Å²) in [5, 5.41) is 11.0. The van der Waals surface area contributed by atoms with Crippen LogP contribution in [0.2, 0.25) is 0 Å². The quantitative estimate of drug-likeness (QED) is 0.891. The van der Waals surface area contributed by atoms with E-state index in [0.29, 0.717) is 5.75 Å². The third-order valence-corrected chi connectivity index (χ3v) is 2.63. The first-order valence-electron chi connectivity index (χ1n) is 4.38. The van der Waals surface area contributed by atoms with Crippen molar-refractivity contribution in [2.75, 3.05) is 7.11 Å². The second-order valence-electron chi connectivity index (χ2n) is 3.03. The number of hydrogen-bond acceptors (Lipinski definition) is 2. The monoisotopic (exact) mass is 273 g/mol. The minimum atomic E-state index is -1.05. The molecule has 0 aliphatic rings. The molecule has 1 unspecified atom stereocenters. The standard InChI is InChI=1S/C10H12BrNO3/c1-6(12-10(13)14)7-4-3-5-8(11)9(7)15-2/h3-6,12H,1-2H3,(H,13,14). The van der Waals surface area contributed by atoms with Gasteiger partial charge in [-0.2, -0.15) is 0 Å². The number of rotatable bonds is 3. The highest BCUT2D eigenvalue weighted by Crippen LogP contribution is 2.32. The molecule has 5 heteroatoms. The smallest absolute Gasteiger partial charge is 0.405 e. The van der Waals surface area contributed by atoms with Crippen molar-refractivity contribution >= 4 is 22.0 Å². The summed E-state index contributed by atoms with van der Waals surface area (Å²) in [6, 6.07) is 5.19. The van der Waals surface area contributed by atoms with Crippen LogP contribution in [0.5, 0.6) is 5.75 Å². The molecule has 0 saturated carbocycles. The number of carboxylic acid groups (broad SMARTS) is 1. The van der Waals surface area contributed by atoms with Crippen LogP contribution in [0.4, 0.5) is 4.79 Å². The molecule has 1 rings (SSSR count). The molecule has 0 saturated heterocycles. The van der Waals surface area contributed by atoms with Crippen LogP contribution in [0, 0.1) is 0 Å². The maximum Gasteiger partial charge on any atom is 0.405 e. The maximum absolute atomic E-state index is 10.5. The lowest BCUT2D eigenvalue weighted by atomic mass is 10.1. The molecule has 0 spiro atoms. The van der Waals surface area contributed by atoms with Gasteiger partial charge in [-0.3, -0.25) is 0 Å². The lowest BCUT2D eigenvalue weighted by Crippen LogP contribution is -2.24. The Morgan fingerprint density at radius 2 is 2.27 bits per heavy atom. The predicted octanol–water partition coefficient (Wildman–Crippen LogP) is 2.79. The molecule has 0 aliphatic carbocycles. The van der Waals surface area contributed by atoms with Crippen LogP contribution in [0.1, 0.15) is 18.5 Å². The number of nitrogens with one attached hydrogen (secondary N) is 1. The fraction of sp³-hybridized carbons (Fsp3) is 0.300. The van der Waals surface area contributed by atoms with E-state index >= 15 is 0 Å². The van der Waals surface area contributed by atoms with E-state index < -0.39 is 6.09 Å². The molecule has 1 amide bonds. The number of amides is 1. The number of carbonyl (C=O) groups is 1. The average Bonchev–Trinajstić information content (AvgIpc) is 2.16. The third-order valence-electron chi connectivity index (χ3n) is 2.01. The summed E-state index contributed by atoms with van der Waals surface area (Å²) >= 11 is 3.34. The first-order chi connectivity index (χ1) is 7.06. The topological polar surface area (TPSA) is 58.6 Å². The highest BCUT2D eigenvalue weighted by Gasteiger charge is 2.14. The van der Waals surface area contributed by atoms with Crippen molar-refractivity contribution in [3.63, 3.8) is 0 Å². The van der Waals surface area contributed by atoms with Gasteiger partial charge in [0.25, 0.3) is 0 Å². The summed E-state index contributed by atoms with van der Waals surface area (Å²) in [6.07, 6.45) is -1.05. The van der Waals surface area contributed by atoms with Gasteiger partial charge in [0.1, 0.15) is 5.75 Å². The van der Waals surface area contributed by atoms with E-state index in [1.54, 1.807) is 14.0 Å². The van der Waals surface area contributed by atoms with Crippen molar-refractivity contribution in [3.05, 3.63) is 28.2 Å². The molecule has 0 fully saturated rings. The van der Waals surface area contributed by atoms with E-state index in [0.717, 1.165) is 10.0 Å². The SMILES string of the molecule is COc1c(Br)cccc1C(C)NC(=O)O. The summed E-state index contributed by atoms with van der Waals surface area (Å²) in [6.45, 7) is 1.76. The lowest BCUT2D eigenvalue weighted by Gasteiger charge is -2.16. The fourth-order valence-electron chi connectivity index (χ4n) is 1.34. The Bertz CT molecular complexity index is 368. The number of hydrogen-bond donors (Lipinski definition) is 2. The zero-order chi connectivity index (χ0) is 11.4. The van der Waals surface area contributed by atoms with Crippen molar-refractivity contribution < 1.29 is 14.6 Å². The molecule has 0 bridgehead atoms. The van der Waals surface area contributed by atoms with E-state index in [1.807, 2.05) is 18.2 Å². The van der Waals surface area contributed by atoms with Gasteiger partial charge in [0.15, 0.2) is 0 Å². The van der Waals surface area contributed by atoms with Gasteiger partial charge in [-0.15, -0.1) is 0 Å². The van der Waals surface area contributed by atoms with Crippen LogP contribution >= 0.6 is 15.9 Å². The average molecular weight is 274 g/mol. The van der Waals surface area contributed by atoms with Crippen molar-refractivity contribution in [3.8, 4) is 5.75 Å². The predicted molar refractivity (Wildman–Crippen MR) is 60.3 cm³/mol. The summed E-state index contributed by atoms with van der Waals surface area (Å²) in [5.41, 5.74) is 0.800. The number of benzene rings is 1. The molecular formula is C10H12BrNO3. The Hall–Kier alpha value is -1.23. The van der Waals surface area contributed by atoms with Gasteiger partial charge in [-0.1, -0.05) is 12.1 Å². The molecular weight excluding hydrogens is 262 g/mol. The zero-order valence-corrected chi connectivity index (χ0v) is 10.0. The minimum absolute atomic E-state index is 0.310. The van der Waals surface area contributed by atoms with Gasteiger partial charge >= 0.3 is 6.09 Å². The zero-order valence-electron chi connectivity index (χ0n) is 8.45. The highest BCUT2D eigenvalue weighted by molar-refractivity contribution is 9.10. The summed E-state index contributed by atoms with van der Waals surface area (Å²) in [7, 11) is 1.55. The van der Waals surface area contributed by atoms with Gasteiger partial charge in [0, 0.05) is 5.56 Å². The molecule has 1 aromatic carbocycles. The molecule has 15 heavy (non-hydrogen) atoms. The van der Waals surface area contributed by atoms with Gasteiger partial charge in [0.2, 0.25) is 0 Å². The Kier molecular flexibility index (Phi) is 3.96. The lowest BCUT2D eigenvalue weighted by molar-refractivity contribution is 0.190. The fourth-order valence-corrected chi connectivity index (χ4v) is 1.89. The molecule has 1 atom stereocenters.